The highest BCUT2D eigenvalue weighted by Gasteiger charge is 2.24. The highest BCUT2D eigenvalue weighted by molar-refractivity contribution is 5.99. The van der Waals surface area contributed by atoms with Gasteiger partial charge in [-0.1, -0.05) is 18.6 Å². The van der Waals surface area contributed by atoms with Crippen LogP contribution in [-0.4, -0.2) is 29.9 Å². The van der Waals surface area contributed by atoms with Crippen LogP contribution >= 0.6 is 0 Å². The van der Waals surface area contributed by atoms with E-state index in [4.69, 9.17) is 0 Å². The third kappa shape index (κ3) is 3.53. The molecule has 1 saturated carbocycles. The summed E-state index contributed by atoms with van der Waals surface area (Å²) in [6, 6.07) is 8.16. The standard InChI is InChI=1S/C17H26N2O/c1-4-19(12-14-8-7-9-14)17(20)15-10-5-6-11-16(15)18-13(2)3/h5-6,10-11,13-14,18H,4,7-9,12H2,1-3H3. The van der Waals surface area contributed by atoms with Crippen LogP contribution in [0.25, 0.3) is 0 Å². The summed E-state index contributed by atoms with van der Waals surface area (Å²) in [5.41, 5.74) is 1.74. The highest BCUT2D eigenvalue weighted by Crippen LogP contribution is 2.28. The first kappa shape index (κ1) is 14.9. The van der Waals surface area contributed by atoms with Gasteiger partial charge in [0.05, 0.1) is 5.56 Å². The molecule has 3 heteroatoms. The van der Waals surface area contributed by atoms with Crippen LogP contribution in [-0.2, 0) is 0 Å². The molecule has 2 rings (SSSR count). The Morgan fingerprint density at radius 1 is 1.35 bits per heavy atom. The molecule has 0 radical (unpaired) electrons. The van der Waals surface area contributed by atoms with Gasteiger partial charge in [-0.15, -0.1) is 0 Å². The maximum absolute atomic E-state index is 12.7. The van der Waals surface area contributed by atoms with Gasteiger partial charge in [-0.05, 0) is 51.7 Å². The fourth-order valence-electron chi connectivity index (χ4n) is 2.62. The molecule has 0 heterocycles. The molecule has 1 aromatic carbocycles. The van der Waals surface area contributed by atoms with Crippen molar-refractivity contribution in [2.24, 2.45) is 5.92 Å². The predicted octanol–water partition coefficient (Wildman–Crippen LogP) is 3.77. The summed E-state index contributed by atoms with van der Waals surface area (Å²) in [5, 5.41) is 3.37. The average Bonchev–Trinajstić information content (AvgIpc) is 2.37. The number of nitrogens with zero attached hydrogens (tertiary/aromatic N) is 1. The largest absolute Gasteiger partial charge is 0.382 e. The van der Waals surface area contributed by atoms with Crippen molar-refractivity contribution in [2.75, 3.05) is 18.4 Å². The van der Waals surface area contributed by atoms with Gasteiger partial charge in [-0.2, -0.15) is 0 Å². The zero-order valence-corrected chi connectivity index (χ0v) is 12.9. The topological polar surface area (TPSA) is 32.3 Å². The molecule has 1 aliphatic rings. The van der Waals surface area contributed by atoms with Crippen molar-refractivity contribution in [2.45, 2.75) is 46.1 Å². The SMILES string of the molecule is CCN(CC1CCC1)C(=O)c1ccccc1NC(C)C. The van der Waals surface area contributed by atoms with Gasteiger partial charge in [0.2, 0.25) is 0 Å². The first-order valence-corrected chi connectivity index (χ1v) is 7.76. The van der Waals surface area contributed by atoms with E-state index in [1.165, 1.54) is 19.3 Å². The minimum Gasteiger partial charge on any atom is -0.382 e. The third-order valence-electron chi connectivity index (χ3n) is 3.97. The second-order valence-corrected chi connectivity index (χ2v) is 5.99. The minimum atomic E-state index is 0.156. The maximum atomic E-state index is 12.7. The number of hydrogen-bond donors (Lipinski definition) is 1. The van der Waals surface area contributed by atoms with Crippen molar-refractivity contribution in [3.63, 3.8) is 0 Å². The average molecular weight is 274 g/mol. The first-order chi connectivity index (χ1) is 9.61. The Hall–Kier alpha value is -1.51. The molecule has 110 valence electrons. The van der Waals surface area contributed by atoms with E-state index < -0.39 is 0 Å². The second-order valence-electron chi connectivity index (χ2n) is 5.99. The normalized spacial score (nSPS) is 15.0. The lowest BCUT2D eigenvalue weighted by Gasteiger charge is -2.32. The van der Waals surface area contributed by atoms with Crippen LogP contribution in [0.15, 0.2) is 24.3 Å². The Balaban J connectivity index is 2.13. The molecular formula is C17H26N2O. The number of benzene rings is 1. The molecule has 0 spiro atoms. The summed E-state index contributed by atoms with van der Waals surface area (Å²) in [6.07, 6.45) is 3.87. The van der Waals surface area contributed by atoms with E-state index in [0.717, 1.165) is 24.3 Å². The van der Waals surface area contributed by atoms with Crippen LogP contribution in [0.5, 0.6) is 0 Å². The fraction of sp³-hybridized carbons (Fsp3) is 0.588. The second kappa shape index (κ2) is 6.78. The van der Waals surface area contributed by atoms with Gasteiger partial charge in [-0.3, -0.25) is 4.79 Å². The smallest absolute Gasteiger partial charge is 0.255 e. The Kier molecular flexibility index (Phi) is 5.05. The van der Waals surface area contributed by atoms with E-state index in [-0.39, 0.29) is 5.91 Å². The lowest BCUT2D eigenvalue weighted by Crippen LogP contribution is -2.37. The van der Waals surface area contributed by atoms with Crippen molar-refractivity contribution in [1.29, 1.82) is 0 Å². The Labute approximate surface area is 122 Å². The van der Waals surface area contributed by atoms with E-state index >= 15 is 0 Å². The molecule has 0 aromatic heterocycles. The molecule has 1 fully saturated rings. The molecule has 1 aliphatic carbocycles. The number of amides is 1. The number of carbonyl (C=O) groups excluding carboxylic acids is 1. The molecule has 20 heavy (non-hydrogen) atoms. The van der Waals surface area contributed by atoms with Crippen molar-refractivity contribution in [1.82, 2.24) is 4.90 Å². The van der Waals surface area contributed by atoms with E-state index in [2.05, 4.69) is 26.1 Å². The monoisotopic (exact) mass is 274 g/mol. The summed E-state index contributed by atoms with van der Waals surface area (Å²) < 4.78 is 0. The maximum Gasteiger partial charge on any atom is 0.255 e. The quantitative estimate of drug-likeness (QED) is 0.856. The molecule has 1 aromatic rings. The van der Waals surface area contributed by atoms with Crippen LogP contribution in [0.4, 0.5) is 5.69 Å². The molecule has 0 unspecified atom stereocenters. The van der Waals surface area contributed by atoms with E-state index in [9.17, 15) is 4.79 Å². The molecule has 0 bridgehead atoms. The molecule has 1 amide bonds. The fourth-order valence-corrected chi connectivity index (χ4v) is 2.62. The summed E-state index contributed by atoms with van der Waals surface area (Å²) in [7, 11) is 0. The Morgan fingerprint density at radius 3 is 2.60 bits per heavy atom. The number of hydrogen-bond acceptors (Lipinski definition) is 2. The van der Waals surface area contributed by atoms with Gasteiger partial charge < -0.3 is 10.2 Å². The van der Waals surface area contributed by atoms with Gasteiger partial charge >= 0.3 is 0 Å². The van der Waals surface area contributed by atoms with Gasteiger partial charge in [0.15, 0.2) is 0 Å². The van der Waals surface area contributed by atoms with Crippen LogP contribution in [0, 0.1) is 5.92 Å². The zero-order valence-electron chi connectivity index (χ0n) is 12.9. The van der Waals surface area contributed by atoms with Crippen LogP contribution in [0.1, 0.15) is 50.4 Å². The molecule has 0 atom stereocenters. The lowest BCUT2D eigenvalue weighted by atomic mass is 9.85. The molecule has 0 aliphatic heterocycles. The molecule has 1 N–H and O–H groups in total. The van der Waals surface area contributed by atoms with E-state index in [1.807, 2.05) is 29.2 Å². The number of carbonyl (C=O) groups is 1. The number of nitrogens with one attached hydrogen (secondary N) is 1. The number of para-hydroxylation sites is 1. The molecule has 0 saturated heterocycles. The van der Waals surface area contributed by atoms with Gasteiger partial charge in [-0.25, -0.2) is 0 Å². The number of anilines is 1. The van der Waals surface area contributed by atoms with Gasteiger partial charge in [0, 0.05) is 24.8 Å². The highest BCUT2D eigenvalue weighted by atomic mass is 16.2. The summed E-state index contributed by atoms with van der Waals surface area (Å²) in [5.74, 6) is 0.868. The predicted molar refractivity (Wildman–Crippen MR) is 84.1 cm³/mol. The minimum absolute atomic E-state index is 0.156. The zero-order chi connectivity index (χ0) is 14.5. The van der Waals surface area contributed by atoms with Crippen molar-refractivity contribution < 1.29 is 4.79 Å². The van der Waals surface area contributed by atoms with Crippen molar-refractivity contribution in [3.05, 3.63) is 29.8 Å². The van der Waals surface area contributed by atoms with Crippen LogP contribution < -0.4 is 5.32 Å². The summed E-state index contributed by atoms with van der Waals surface area (Å²) in [4.78, 5) is 14.7. The van der Waals surface area contributed by atoms with Crippen molar-refractivity contribution >= 4 is 11.6 Å². The number of rotatable bonds is 6. The third-order valence-corrected chi connectivity index (χ3v) is 3.97. The molecule has 3 nitrogen and oxygen atoms in total. The van der Waals surface area contributed by atoms with Crippen molar-refractivity contribution in [3.8, 4) is 0 Å². The molecular weight excluding hydrogens is 248 g/mol. The van der Waals surface area contributed by atoms with Crippen LogP contribution in [0.3, 0.4) is 0 Å². The van der Waals surface area contributed by atoms with Crippen LogP contribution in [0.2, 0.25) is 0 Å². The Bertz CT molecular complexity index is 452. The summed E-state index contributed by atoms with van der Waals surface area (Å²) in [6.45, 7) is 7.94. The lowest BCUT2D eigenvalue weighted by molar-refractivity contribution is 0.0707. The van der Waals surface area contributed by atoms with Gasteiger partial charge in [0.1, 0.15) is 0 Å². The van der Waals surface area contributed by atoms with E-state index in [0.29, 0.717) is 12.0 Å². The Morgan fingerprint density at radius 2 is 2.05 bits per heavy atom. The first-order valence-electron chi connectivity index (χ1n) is 7.76. The van der Waals surface area contributed by atoms with E-state index in [1.54, 1.807) is 0 Å². The van der Waals surface area contributed by atoms with Gasteiger partial charge in [0.25, 0.3) is 5.91 Å². The summed E-state index contributed by atoms with van der Waals surface area (Å²) >= 11 is 0.